The molecule has 0 fully saturated rings. The number of fused-ring (bicyclic) bond motifs is 1. The fourth-order valence-electron chi connectivity index (χ4n) is 5.42. The fraction of sp³-hybridized carbons (Fsp3) is 0.361. The molecule has 0 aliphatic carbocycles. The number of benzene rings is 4. The smallest absolute Gasteiger partial charge is 0.306 e. The van der Waals surface area contributed by atoms with Crippen molar-refractivity contribution in [2.45, 2.75) is 71.6 Å². The van der Waals surface area contributed by atoms with Gasteiger partial charge in [0, 0.05) is 19.9 Å². The van der Waals surface area contributed by atoms with Crippen LogP contribution in [0.4, 0.5) is 0 Å². The highest BCUT2D eigenvalue weighted by Crippen LogP contribution is 2.36. The van der Waals surface area contributed by atoms with Gasteiger partial charge < -0.3 is 19.5 Å². The van der Waals surface area contributed by atoms with Gasteiger partial charge in [-0.15, -0.1) is 0 Å². The van der Waals surface area contributed by atoms with Gasteiger partial charge in [-0.1, -0.05) is 55.8 Å². The highest BCUT2D eigenvalue weighted by atomic mass is 16.5. The third kappa shape index (κ3) is 7.68. The van der Waals surface area contributed by atoms with Crippen LogP contribution in [0.3, 0.4) is 0 Å². The van der Waals surface area contributed by atoms with E-state index in [1.165, 1.54) is 27.5 Å². The van der Waals surface area contributed by atoms with Crippen molar-refractivity contribution in [2.75, 3.05) is 14.2 Å². The van der Waals surface area contributed by atoms with Crippen molar-refractivity contribution >= 4 is 16.7 Å². The van der Waals surface area contributed by atoms with Gasteiger partial charge in [0.15, 0.2) is 0 Å². The molecule has 4 aromatic rings. The second-order valence-electron chi connectivity index (χ2n) is 10.9. The van der Waals surface area contributed by atoms with Crippen molar-refractivity contribution in [1.82, 2.24) is 5.32 Å². The Morgan fingerprint density at radius 2 is 1.68 bits per heavy atom. The molecule has 0 aliphatic rings. The lowest BCUT2D eigenvalue weighted by Crippen LogP contribution is -2.24. The summed E-state index contributed by atoms with van der Waals surface area (Å²) in [5.41, 5.74) is 5.72. The third-order valence-corrected chi connectivity index (χ3v) is 7.47. The molecule has 5 heteroatoms. The molecule has 0 aliphatic heterocycles. The molecule has 1 N–H and O–H groups in total. The van der Waals surface area contributed by atoms with Crippen LogP contribution in [0.5, 0.6) is 11.5 Å². The lowest BCUT2D eigenvalue weighted by Gasteiger charge is -2.25. The number of hydrogen-bond acceptors (Lipinski definition) is 5. The summed E-state index contributed by atoms with van der Waals surface area (Å²) in [7, 11) is 3.38. The van der Waals surface area contributed by atoms with Gasteiger partial charge in [-0.25, -0.2) is 0 Å². The Bertz CT molecular complexity index is 1470. The second kappa shape index (κ2) is 14.2. The number of methoxy groups -OCH3 is 2. The predicted octanol–water partition coefficient (Wildman–Crippen LogP) is 8.85. The zero-order valence-electron chi connectivity index (χ0n) is 25.2. The summed E-state index contributed by atoms with van der Waals surface area (Å²) in [4.78, 5) is 12.3. The van der Waals surface area contributed by atoms with Crippen LogP contribution in [0.2, 0.25) is 0 Å². The summed E-state index contributed by atoms with van der Waals surface area (Å²) in [5.74, 6) is 1.45. The molecule has 0 bridgehead atoms. The maximum atomic E-state index is 12.3. The Labute approximate surface area is 246 Å². The molecule has 4 aromatic carbocycles. The van der Waals surface area contributed by atoms with Crippen molar-refractivity contribution in [3.63, 3.8) is 0 Å². The van der Waals surface area contributed by atoms with E-state index in [2.05, 4.69) is 79.8 Å². The van der Waals surface area contributed by atoms with Crippen LogP contribution in [0.25, 0.3) is 21.9 Å². The van der Waals surface area contributed by atoms with Crippen LogP contribution in [0.1, 0.15) is 77.2 Å². The highest BCUT2D eigenvalue weighted by molar-refractivity contribution is 5.97. The van der Waals surface area contributed by atoms with Gasteiger partial charge in [-0.05, 0) is 109 Å². The van der Waals surface area contributed by atoms with Crippen LogP contribution in [0.15, 0.2) is 78.9 Å². The molecule has 4 rings (SSSR count). The Hall–Kier alpha value is -3.83. The van der Waals surface area contributed by atoms with Crippen molar-refractivity contribution in [3.05, 3.63) is 95.6 Å². The summed E-state index contributed by atoms with van der Waals surface area (Å²) >= 11 is 0. The maximum absolute atomic E-state index is 12.3. The van der Waals surface area contributed by atoms with Gasteiger partial charge in [0.05, 0.1) is 20.3 Å². The first-order chi connectivity index (χ1) is 19.8. The summed E-state index contributed by atoms with van der Waals surface area (Å²) in [6, 6.07) is 28.1. The average Bonchev–Trinajstić information content (AvgIpc) is 2.98. The Morgan fingerprint density at radius 1 is 0.878 bits per heavy atom. The van der Waals surface area contributed by atoms with Crippen LogP contribution in [-0.2, 0) is 16.0 Å². The minimum atomic E-state index is -0.196. The SMILES string of the molecule is CCCC(N[C@H](C)c1cccc(OC)c1)c1cc(-c2ccc(OC)c(CCC(=O)OC(C)C)c2)c2ccccc2c1.[HH]. The van der Waals surface area contributed by atoms with E-state index in [0.29, 0.717) is 12.8 Å². The monoisotopic (exact) mass is 555 g/mol. The molecule has 0 amide bonds. The molecule has 0 aromatic heterocycles. The fourth-order valence-corrected chi connectivity index (χ4v) is 5.42. The molecule has 5 nitrogen and oxygen atoms in total. The quantitative estimate of drug-likeness (QED) is 0.167. The molecule has 218 valence electrons. The number of esters is 1. The second-order valence-corrected chi connectivity index (χ2v) is 10.9. The molecule has 1 unspecified atom stereocenters. The van der Waals surface area contributed by atoms with Crippen molar-refractivity contribution < 1.29 is 20.4 Å². The molecular formula is C36H45NO4. The first kappa shape index (κ1) is 30.1. The number of carbonyl (C=O) groups is 1. The van der Waals surface area contributed by atoms with E-state index in [4.69, 9.17) is 14.2 Å². The molecule has 2 atom stereocenters. The minimum absolute atomic E-state index is 0. The predicted molar refractivity (Wildman–Crippen MR) is 170 cm³/mol. The zero-order valence-corrected chi connectivity index (χ0v) is 25.2. The van der Waals surface area contributed by atoms with Gasteiger partial charge in [0.2, 0.25) is 0 Å². The van der Waals surface area contributed by atoms with E-state index in [1.54, 1.807) is 14.2 Å². The third-order valence-electron chi connectivity index (χ3n) is 7.47. The van der Waals surface area contributed by atoms with Crippen molar-refractivity contribution in [1.29, 1.82) is 0 Å². The maximum Gasteiger partial charge on any atom is 0.306 e. The van der Waals surface area contributed by atoms with E-state index in [1.807, 2.05) is 32.0 Å². The van der Waals surface area contributed by atoms with E-state index in [0.717, 1.165) is 35.5 Å². The Kier molecular flexibility index (Phi) is 10.4. The van der Waals surface area contributed by atoms with Gasteiger partial charge in [-0.2, -0.15) is 0 Å². The summed E-state index contributed by atoms with van der Waals surface area (Å²) in [6.07, 6.45) is 2.81. The van der Waals surface area contributed by atoms with Gasteiger partial charge in [0.25, 0.3) is 0 Å². The largest absolute Gasteiger partial charge is 0.497 e. The number of carbonyl (C=O) groups excluding carboxylic acids is 1. The molecular weight excluding hydrogens is 510 g/mol. The molecule has 0 heterocycles. The first-order valence-corrected chi connectivity index (χ1v) is 14.6. The van der Waals surface area contributed by atoms with Crippen LogP contribution in [0, 0.1) is 0 Å². The van der Waals surface area contributed by atoms with Crippen LogP contribution in [-0.4, -0.2) is 26.3 Å². The average molecular weight is 556 g/mol. The number of ether oxygens (including phenoxy) is 3. The van der Waals surface area contributed by atoms with E-state index in [9.17, 15) is 4.79 Å². The zero-order chi connectivity index (χ0) is 29.4. The topological polar surface area (TPSA) is 56.8 Å². The molecule has 0 spiro atoms. The van der Waals surface area contributed by atoms with Gasteiger partial charge in [0.1, 0.15) is 11.5 Å². The Morgan fingerprint density at radius 3 is 2.41 bits per heavy atom. The summed E-state index contributed by atoms with van der Waals surface area (Å²) < 4.78 is 16.5. The normalized spacial score (nSPS) is 12.8. The first-order valence-electron chi connectivity index (χ1n) is 14.6. The van der Waals surface area contributed by atoms with Crippen molar-refractivity contribution in [2.24, 2.45) is 0 Å². The Balaban J connectivity index is 0.00000484. The molecule has 0 radical (unpaired) electrons. The standard InChI is InChI=1S/C36H43NO4.H2/c1-7-11-34(37-25(4)26-13-10-14-31(22-26)39-5)30-21-27-12-8-9-15-32(27)33(23-30)28-16-18-35(40-6)29(20-28)17-19-36(38)41-24(2)3;/h8-10,12-16,18,20-25,34,37H,7,11,17,19H2,1-6H3;1H/t25-,34?;/m1./s1. The van der Waals surface area contributed by atoms with E-state index in [-0.39, 0.29) is 25.6 Å². The molecule has 0 saturated carbocycles. The minimum Gasteiger partial charge on any atom is -0.497 e. The highest BCUT2D eigenvalue weighted by Gasteiger charge is 2.19. The number of rotatable bonds is 13. The van der Waals surface area contributed by atoms with Gasteiger partial charge in [-0.3, -0.25) is 4.79 Å². The summed E-state index contributed by atoms with van der Waals surface area (Å²) in [5, 5.41) is 6.30. The number of aryl methyl sites for hydroxylation is 1. The molecule has 0 saturated heterocycles. The molecule has 41 heavy (non-hydrogen) atoms. The van der Waals surface area contributed by atoms with Gasteiger partial charge >= 0.3 is 5.97 Å². The van der Waals surface area contributed by atoms with Crippen LogP contribution < -0.4 is 14.8 Å². The summed E-state index contributed by atoms with van der Waals surface area (Å²) in [6.45, 7) is 8.18. The lowest BCUT2D eigenvalue weighted by atomic mass is 9.90. The number of hydrogen-bond donors (Lipinski definition) is 1. The lowest BCUT2D eigenvalue weighted by molar-refractivity contribution is -0.147. The number of nitrogens with one attached hydrogen (secondary N) is 1. The van der Waals surface area contributed by atoms with Crippen LogP contribution >= 0.6 is 0 Å². The van der Waals surface area contributed by atoms with Crippen molar-refractivity contribution in [3.8, 4) is 22.6 Å². The van der Waals surface area contributed by atoms with E-state index >= 15 is 0 Å². The van der Waals surface area contributed by atoms with E-state index < -0.39 is 0 Å².